The van der Waals surface area contributed by atoms with Crippen LogP contribution in [0.4, 0.5) is 0 Å². The third-order valence-electron chi connectivity index (χ3n) is 2.36. The van der Waals surface area contributed by atoms with Gasteiger partial charge in [0.1, 0.15) is 0 Å². The van der Waals surface area contributed by atoms with E-state index in [0.29, 0.717) is 5.02 Å². The number of hydrogen-bond donors (Lipinski definition) is 0. The molecule has 0 fully saturated rings. The maximum atomic E-state index is 11.6. The van der Waals surface area contributed by atoms with Gasteiger partial charge in [-0.1, -0.05) is 11.6 Å². The van der Waals surface area contributed by atoms with Crippen molar-refractivity contribution in [2.75, 3.05) is 0 Å². The minimum Gasteiger partial charge on any atom is -0.311 e. The second-order valence-electron chi connectivity index (χ2n) is 3.39. The summed E-state index contributed by atoms with van der Waals surface area (Å²) in [5.74, 6) is 0. The number of aryl methyl sites for hydroxylation is 2. The first kappa shape index (κ1) is 9.28. The summed E-state index contributed by atoms with van der Waals surface area (Å²) in [7, 11) is 1.77. The van der Waals surface area contributed by atoms with Gasteiger partial charge in [-0.2, -0.15) is 0 Å². The lowest BCUT2D eigenvalue weighted by Crippen LogP contribution is -2.18. The van der Waals surface area contributed by atoms with Gasteiger partial charge in [0.2, 0.25) is 0 Å². The minimum atomic E-state index is 0.0415. The molecule has 0 saturated heterocycles. The van der Waals surface area contributed by atoms with E-state index in [1.54, 1.807) is 17.7 Å². The molecular formula is C11H10ClNO. The number of halogens is 1. The second-order valence-corrected chi connectivity index (χ2v) is 3.83. The summed E-state index contributed by atoms with van der Waals surface area (Å²) in [4.78, 5) is 11.6. The molecule has 2 rings (SSSR count). The summed E-state index contributed by atoms with van der Waals surface area (Å²) in [6, 6.07) is 7.38. The molecule has 1 aromatic carbocycles. The number of rotatable bonds is 0. The highest BCUT2D eigenvalue weighted by atomic mass is 35.5. The van der Waals surface area contributed by atoms with Crippen molar-refractivity contribution in [1.29, 1.82) is 0 Å². The van der Waals surface area contributed by atoms with E-state index in [2.05, 4.69) is 0 Å². The lowest BCUT2D eigenvalue weighted by molar-refractivity contribution is 0.893. The zero-order valence-corrected chi connectivity index (χ0v) is 8.80. The molecule has 0 aliphatic carbocycles. The molecule has 2 nitrogen and oxygen atoms in total. The smallest absolute Gasteiger partial charge is 0.253 e. The zero-order valence-electron chi connectivity index (χ0n) is 8.04. The van der Waals surface area contributed by atoms with Gasteiger partial charge in [-0.3, -0.25) is 4.79 Å². The maximum absolute atomic E-state index is 11.6. The van der Waals surface area contributed by atoms with E-state index in [4.69, 9.17) is 11.6 Å². The van der Waals surface area contributed by atoms with E-state index in [-0.39, 0.29) is 5.56 Å². The van der Waals surface area contributed by atoms with Crippen LogP contribution >= 0.6 is 11.6 Å². The van der Waals surface area contributed by atoms with Gasteiger partial charge in [0.15, 0.2) is 0 Å². The van der Waals surface area contributed by atoms with Crippen molar-refractivity contribution in [2.45, 2.75) is 6.92 Å². The normalized spacial score (nSPS) is 10.8. The molecule has 1 aromatic heterocycles. The Kier molecular flexibility index (Phi) is 2.08. The fourth-order valence-corrected chi connectivity index (χ4v) is 1.80. The molecule has 0 saturated carbocycles. The first-order valence-electron chi connectivity index (χ1n) is 4.35. The van der Waals surface area contributed by atoms with Crippen LogP contribution in [-0.4, -0.2) is 4.57 Å². The fourth-order valence-electron chi connectivity index (χ4n) is 1.62. The number of hydrogen-bond acceptors (Lipinski definition) is 1. The van der Waals surface area contributed by atoms with Gasteiger partial charge < -0.3 is 4.57 Å². The number of pyridine rings is 1. The van der Waals surface area contributed by atoms with Crippen LogP contribution in [0.15, 0.2) is 29.1 Å². The molecule has 0 atom stereocenters. The summed E-state index contributed by atoms with van der Waals surface area (Å²) in [5, 5.41) is 1.69. The average molecular weight is 208 g/mol. The molecule has 0 amide bonds. The molecule has 72 valence electrons. The Balaban J connectivity index is 2.98. The summed E-state index contributed by atoms with van der Waals surface area (Å²) >= 11 is 5.88. The van der Waals surface area contributed by atoms with Gasteiger partial charge in [0.05, 0.1) is 5.52 Å². The number of benzene rings is 1. The average Bonchev–Trinajstić information content (AvgIpc) is 2.14. The molecule has 0 radical (unpaired) electrons. The van der Waals surface area contributed by atoms with Crippen LogP contribution in [0.1, 0.15) is 5.56 Å². The monoisotopic (exact) mass is 207 g/mol. The van der Waals surface area contributed by atoms with Gasteiger partial charge in [-0.25, -0.2) is 0 Å². The summed E-state index contributed by atoms with van der Waals surface area (Å²) in [6.07, 6.45) is 0. The first-order chi connectivity index (χ1) is 6.59. The van der Waals surface area contributed by atoms with E-state index < -0.39 is 0 Å². The Morgan fingerprint density at radius 2 is 2.00 bits per heavy atom. The summed E-state index contributed by atoms with van der Waals surface area (Å²) < 4.78 is 1.64. The maximum Gasteiger partial charge on any atom is 0.253 e. The Labute approximate surface area is 86.7 Å². The lowest BCUT2D eigenvalue weighted by atomic mass is 10.1. The molecule has 0 aliphatic heterocycles. The molecule has 0 unspecified atom stereocenters. The van der Waals surface area contributed by atoms with Crippen molar-refractivity contribution >= 4 is 22.5 Å². The quantitative estimate of drug-likeness (QED) is 0.651. The minimum absolute atomic E-state index is 0.0415. The highest BCUT2D eigenvalue weighted by molar-refractivity contribution is 6.31. The van der Waals surface area contributed by atoms with Crippen LogP contribution in [0, 0.1) is 6.92 Å². The number of fused-ring (bicyclic) bond motifs is 1. The van der Waals surface area contributed by atoms with Gasteiger partial charge >= 0.3 is 0 Å². The standard InChI is InChI=1S/C11H10ClNO/c1-7-5-8-6-9(12)3-4-10(8)13(2)11(7)14/h3-6H,1-2H3. The Bertz CT molecular complexity index is 557. The third-order valence-corrected chi connectivity index (χ3v) is 2.60. The van der Waals surface area contributed by atoms with Crippen molar-refractivity contribution in [3.8, 4) is 0 Å². The lowest BCUT2D eigenvalue weighted by Gasteiger charge is -2.06. The first-order valence-corrected chi connectivity index (χ1v) is 4.73. The Morgan fingerprint density at radius 1 is 1.29 bits per heavy atom. The van der Waals surface area contributed by atoms with Crippen LogP contribution < -0.4 is 5.56 Å². The largest absolute Gasteiger partial charge is 0.311 e. The third kappa shape index (κ3) is 1.32. The van der Waals surface area contributed by atoms with Crippen LogP contribution in [0.3, 0.4) is 0 Å². The molecule has 3 heteroatoms. The number of aromatic nitrogens is 1. The van der Waals surface area contributed by atoms with Gasteiger partial charge in [-0.15, -0.1) is 0 Å². The van der Waals surface area contributed by atoms with Crippen LogP contribution in [0.5, 0.6) is 0 Å². The summed E-state index contributed by atoms with van der Waals surface area (Å²) in [6.45, 7) is 1.81. The summed E-state index contributed by atoms with van der Waals surface area (Å²) in [5.41, 5.74) is 1.69. The predicted octanol–water partition coefficient (Wildman–Crippen LogP) is 2.50. The van der Waals surface area contributed by atoms with E-state index in [1.165, 1.54) is 0 Å². The SMILES string of the molecule is Cc1cc2cc(Cl)ccc2n(C)c1=O. The molecule has 0 spiro atoms. The molecule has 0 N–H and O–H groups in total. The van der Waals surface area contributed by atoms with Crippen LogP contribution in [-0.2, 0) is 7.05 Å². The molecule has 1 heterocycles. The van der Waals surface area contributed by atoms with E-state index >= 15 is 0 Å². The van der Waals surface area contributed by atoms with Crippen molar-refractivity contribution in [2.24, 2.45) is 7.05 Å². The highest BCUT2D eigenvalue weighted by Crippen LogP contribution is 2.18. The van der Waals surface area contributed by atoms with Gasteiger partial charge in [-0.05, 0) is 31.2 Å². The van der Waals surface area contributed by atoms with Gasteiger partial charge in [0.25, 0.3) is 5.56 Å². The second kappa shape index (κ2) is 3.14. The molecule has 14 heavy (non-hydrogen) atoms. The molecular weight excluding hydrogens is 198 g/mol. The van der Waals surface area contributed by atoms with Crippen LogP contribution in [0.2, 0.25) is 5.02 Å². The van der Waals surface area contributed by atoms with E-state index in [9.17, 15) is 4.79 Å². The van der Waals surface area contributed by atoms with E-state index in [0.717, 1.165) is 16.5 Å². The molecule has 2 aromatic rings. The predicted molar refractivity (Wildman–Crippen MR) is 58.9 cm³/mol. The van der Waals surface area contributed by atoms with Crippen molar-refractivity contribution < 1.29 is 0 Å². The fraction of sp³-hybridized carbons (Fsp3) is 0.182. The van der Waals surface area contributed by atoms with Gasteiger partial charge in [0, 0.05) is 23.0 Å². The van der Waals surface area contributed by atoms with Crippen molar-refractivity contribution in [3.05, 3.63) is 45.2 Å². The number of nitrogens with zero attached hydrogens (tertiary/aromatic N) is 1. The topological polar surface area (TPSA) is 22.0 Å². The van der Waals surface area contributed by atoms with E-state index in [1.807, 2.05) is 25.1 Å². The Hall–Kier alpha value is -1.28. The highest BCUT2D eigenvalue weighted by Gasteiger charge is 2.02. The van der Waals surface area contributed by atoms with Crippen LogP contribution in [0.25, 0.3) is 10.9 Å². The van der Waals surface area contributed by atoms with Crippen molar-refractivity contribution in [3.63, 3.8) is 0 Å². The van der Waals surface area contributed by atoms with Crippen molar-refractivity contribution in [1.82, 2.24) is 4.57 Å². The molecule has 0 bridgehead atoms. The molecule has 0 aliphatic rings. The Morgan fingerprint density at radius 3 is 2.71 bits per heavy atom. The zero-order chi connectivity index (χ0) is 10.3.